The number of Topliss-reactive ketones (excluding diaryl/α,β-unsaturated/α-hetero) is 1. The van der Waals surface area contributed by atoms with E-state index in [2.05, 4.69) is 0 Å². The Morgan fingerprint density at radius 2 is 1.62 bits per heavy atom. The summed E-state index contributed by atoms with van der Waals surface area (Å²) in [6.07, 6.45) is 0. The summed E-state index contributed by atoms with van der Waals surface area (Å²) < 4.78 is 5.52. The van der Waals surface area contributed by atoms with Gasteiger partial charge in [-0.25, -0.2) is 0 Å². The molecular formula is C26H20Cl3NO4. The van der Waals surface area contributed by atoms with Gasteiger partial charge in [0.1, 0.15) is 11.5 Å². The normalized spacial score (nSPS) is 17.3. The Kier molecular flexibility index (Phi) is 6.89. The molecule has 1 unspecified atom stereocenters. The van der Waals surface area contributed by atoms with Crippen molar-refractivity contribution in [2.45, 2.75) is 19.9 Å². The molecule has 3 aromatic carbocycles. The zero-order chi connectivity index (χ0) is 24.6. The average Bonchev–Trinajstić information content (AvgIpc) is 3.08. The summed E-state index contributed by atoms with van der Waals surface area (Å²) in [5.74, 6) is -1.56. The second kappa shape index (κ2) is 9.71. The number of hydrogen-bond acceptors (Lipinski definition) is 4. The fraction of sp³-hybridized carbons (Fsp3) is 0.154. The van der Waals surface area contributed by atoms with Crippen LogP contribution < -0.4 is 9.64 Å². The molecule has 4 rings (SSSR count). The van der Waals surface area contributed by atoms with Crippen molar-refractivity contribution in [2.24, 2.45) is 0 Å². The second-order valence-electron chi connectivity index (χ2n) is 7.75. The molecule has 34 heavy (non-hydrogen) atoms. The number of aliphatic hydroxyl groups excluding tert-OH is 1. The molecule has 3 aromatic rings. The molecule has 0 bridgehead atoms. The first-order valence-corrected chi connectivity index (χ1v) is 11.6. The van der Waals surface area contributed by atoms with Crippen molar-refractivity contribution < 1.29 is 19.4 Å². The van der Waals surface area contributed by atoms with Crippen LogP contribution in [-0.2, 0) is 9.59 Å². The highest BCUT2D eigenvalue weighted by Gasteiger charge is 2.47. The van der Waals surface area contributed by atoms with E-state index in [0.717, 1.165) is 5.56 Å². The van der Waals surface area contributed by atoms with Crippen molar-refractivity contribution in [1.29, 1.82) is 0 Å². The number of aryl methyl sites for hydroxylation is 1. The van der Waals surface area contributed by atoms with Crippen LogP contribution in [0.1, 0.15) is 29.7 Å². The van der Waals surface area contributed by atoms with Gasteiger partial charge < -0.3 is 9.84 Å². The van der Waals surface area contributed by atoms with Crippen LogP contribution in [0, 0.1) is 6.92 Å². The first-order valence-electron chi connectivity index (χ1n) is 10.5. The maximum absolute atomic E-state index is 13.3. The first-order chi connectivity index (χ1) is 16.2. The van der Waals surface area contributed by atoms with Gasteiger partial charge in [0.2, 0.25) is 0 Å². The van der Waals surface area contributed by atoms with Crippen LogP contribution in [0.25, 0.3) is 5.76 Å². The Balaban J connectivity index is 1.97. The van der Waals surface area contributed by atoms with E-state index >= 15 is 0 Å². The molecule has 174 valence electrons. The molecule has 0 aliphatic carbocycles. The van der Waals surface area contributed by atoms with Gasteiger partial charge in [0.25, 0.3) is 11.7 Å². The van der Waals surface area contributed by atoms with E-state index in [1.165, 1.54) is 11.0 Å². The van der Waals surface area contributed by atoms with Crippen molar-refractivity contribution in [3.63, 3.8) is 0 Å². The van der Waals surface area contributed by atoms with Gasteiger partial charge in [0.05, 0.1) is 33.3 Å². The van der Waals surface area contributed by atoms with E-state index in [0.29, 0.717) is 28.6 Å². The molecule has 5 nitrogen and oxygen atoms in total. The van der Waals surface area contributed by atoms with Gasteiger partial charge in [0, 0.05) is 11.3 Å². The molecule has 1 amide bonds. The minimum atomic E-state index is -0.954. The third-order valence-electron chi connectivity index (χ3n) is 5.52. The highest BCUT2D eigenvalue weighted by Crippen LogP contribution is 2.44. The molecule has 0 saturated carbocycles. The highest BCUT2D eigenvalue weighted by molar-refractivity contribution is 6.52. The van der Waals surface area contributed by atoms with Crippen LogP contribution in [0.2, 0.25) is 15.1 Å². The van der Waals surface area contributed by atoms with Gasteiger partial charge in [-0.1, -0.05) is 58.6 Å². The lowest BCUT2D eigenvalue weighted by Crippen LogP contribution is -2.29. The number of ether oxygens (including phenoxy) is 1. The minimum Gasteiger partial charge on any atom is -0.507 e. The number of carbonyl (C=O) groups is 2. The maximum Gasteiger partial charge on any atom is 0.300 e. The largest absolute Gasteiger partial charge is 0.507 e. The van der Waals surface area contributed by atoms with Crippen LogP contribution >= 0.6 is 34.8 Å². The summed E-state index contributed by atoms with van der Waals surface area (Å²) in [5.41, 5.74) is 2.06. The van der Waals surface area contributed by atoms with Gasteiger partial charge >= 0.3 is 0 Å². The van der Waals surface area contributed by atoms with E-state index in [1.54, 1.807) is 42.5 Å². The molecule has 1 fully saturated rings. The molecule has 0 aromatic heterocycles. The fourth-order valence-electron chi connectivity index (χ4n) is 3.89. The molecule has 1 aliphatic rings. The number of hydrogen-bond donors (Lipinski definition) is 1. The fourth-order valence-corrected chi connectivity index (χ4v) is 4.40. The number of carbonyl (C=O) groups excluding carboxylic acids is 2. The highest BCUT2D eigenvalue weighted by atomic mass is 35.5. The molecular weight excluding hydrogens is 497 g/mol. The predicted octanol–water partition coefficient (Wildman–Crippen LogP) is 6.98. The Morgan fingerprint density at radius 1 is 0.941 bits per heavy atom. The van der Waals surface area contributed by atoms with E-state index < -0.39 is 23.5 Å². The molecule has 0 radical (unpaired) electrons. The average molecular weight is 517 g/mol. The van der Waals surface area contributed by atoms with Crippen LogP contribution in [-0.4, -0.2) is 23.4 Å². The Hall–Kier alpha value is -2.99. The summed E-state index contributed by atoms with van der Waals surface area (Å²) >= 11 is 18.7. The third-order valence-corrected chi connectivity index (χ3v) is 6.59. The topological polar surface area (TPSA) is 66.8 Å². The Morgan fingerprint density at radius 3 is 2.26 bits per heavy atom. The third kappa shape index (κ3) is 4.39. The number of halogens is 3. The van der Waals surface area contributed by atoms with Gasteiger partial charge in [-0.3, -0.25) is 14.5 Å². The number of nitrogens with zero attached hydrogens (tertiary/aromatic N) is 1. The lowest BCUT2D eigenvalue weighted by Gasteiger charge is -2.26. The predicted molar refractivity (Wildman–Crippen MR) is 135 cm³/mol. The van der Waals surface area contributed by atoms with Crippen molar-refractivity contribution in [3.8, 4) is 5.75 Å². The zero-order valence-electron chi connectivity index (χ0n) is 18.3. The van der Waals surface area contributed by atoms with Gasteiger partial charge in [0.15, 0.2) is 0 Å². The summed E-state index contributed by atoms with van der Waals surface area (Å²) in [6.45, 7) is 4.15. The van der Waals surface area contributed by atoms with E-state index in [-0.39, 0.29) is 21.2 Å². The van der Waals surface area contributed by atoms with E-state index in [9.17, 15) is 14.7 Å². The van der Waals surface area contributed by atoms with E-state index in [4.69, 9.17) is 39.5 Å². The zero-order valence-corrected chi connectivity index (χ0v) is 20.6. The summed E-state index contributed by atoms with van der Waals surface area (Å²) in [4.78, 5) is 27.9. The van der Waals surface area contributed by atoms with Gasteiger partial charge in [-0.15, -0.1) is 0 Å². The van der Waals surface area contributed by atoms with E-state index in [1.807, 2.05) is 26.0 Å². The Bertz CT molecular complexity index is 1320. The molecule has 1 saturated heterocycles. The lowest BCUT2D eigenvalue weighted by molar-refractivity contribution is -0.132. The maximum atomic E-state index is 13.3. The summed E-state index contributed by atoms with van der Waals surface area (Å²) in [6, 6.07) is 15.8. The van der Waals surface area contributed by atoms with Gasteiger partial charge in [-0.05, 0) is 61.9 Å². The lowest BCUT2D eigenvalue weighted by atomic mass is 9.95. The Labute approximate surface area is 212 Å². The van der Waals surface area contributed by atoms with Crippen LogP contribution in [0.15, 0.2) is 66.2 Å². The number of benzene rings is 3. The number of anilines is 1. The smallest absolute Gasteiger partial charge is 0.300 e. The SMILES string of the molecule is CCOc1ccc(Cl)c(/C(O)=C2\C(=O)C(=O)N(c3ccc(C)cc3)C2c2ccc(Cl)c(Cl)c2)c1. The summed E-state index contributed by atoms with van der Waals surface area (Å²) in [7, 11) is 0. The quantitative estimate of drug-likeness (QED) is 0.226. The van der Waals surface area contributed by atoms with Crippen molar-refractivity contribution in [1.82, 2.24) is 0 Å². The second-order valence-corrected chi connectivity index (χ2v) is 8.97. The first kappa shape index (κ1) is 24.1. The monoisotopic (exact) mass is 515 g/mol. The standard InChI is InChI=1S/C26H20Cl3NO4/c1-3-34-17-9-11-19(27)18(13-17)24(31)22-23(15-6-10-20(28)21(29)12-15)30(26(33)25(22)32)16-7-4-14(2)5-8-16/h4-13,23,31H,3H2,1-2H3/b24-22+. The number of rotatable bonds is 5. The van der Waals surface area contributed by atoms with Crippen LogP contribution in [0.4, 0.5) is 5.69 Å². The van der Waals surface area contributed by atoms with Gasteiger partial charge in [-0.2, -0.15) is 0 Å². The number of ketones is 1. The molecule has 0 spiro atoms. The summed E-state index contributed by atoms with van der Waals surface area (Å²) in [5, 5.41) is 12.1. The van der Waals surface area contributed by atoms with Crippen molar-refractivity contribution >= 4 is 57.9 Å². The molecule has 8 heteroatoms. The molecule has 1 atom stereocenters. The number of amides is 1. The van der Waals surface area contributed by atoms with Crippen LogP contribution in [0.3, 0.4) is 0 Å². The molecule has 1 N–H and O–H groups in total. The molecule has 1 heterocycles. The van der Waals surface area contributed by atoms with Crippen LogP contribution in [0.5, 0.6) is 5.75 Å². The molecule has 1 aliphatic heterocycles. The minimum absolute atomic E-state index is 0.112. The van der Waals surface area contributed by atoms with Crippen molar-refractivity contribution in [3.05, 3.63) is 98.0 Å². The number of aliphatic hydroxyl groups is 1. The van der Waals surface area contributed by atoms with Crippen molar-refractivity contribution in [2.75, 3.05) is 11.5 Å².